The Balaban J connectivity index is 1.66. The van der Waals surface area contributed by atoms with Crippen LogP contribution < -0.4 is 15.6 Å². The Hall–Kier alpha value is -2.52. The Morgan fingerprint density at radius 3 is 2.84 bits per heavy atom. The molecule has 0 unspecified atom stereocenters. The maximum atomic E-state index is 13.2. The predicted molar refractivity (Wildman–Crippen MR) is 128 cm³/mol. The molecule has 1 amide bonds. The van der Waals surface area contributed by atoms with Gasteiger partial charge in [0.05, 0.1) is 34.1 Å². The average Bonchev–Trinajstić information content (AvgIpc) is 3.24. The van der Waals surface area contributed by atoms with Crippen molar-refractivity contribution >= 4 is 68.1 Å². The van der Waals surface area contributed by atoms with Crippen LogP contribution in [0.1, 0.15) is 0 Å². The van der Waals surface area contributed by atoms with E-state index in [0.29, 0.717) is 37.5 Å². The number of nitrogens with one attached hydrogen (secondary N) is 1. The fourth-order valence-corrected chi connectivity index (χ4v) is 4.84. The molecule has 4 aromatic rings. The van der Waals surface area contributed by atoms with Crippen LogP contribution in [-0.2, 0) is 4.79 Å². The molecule has 0 saturated carbocycles. The molecule has 0 saturated heterocycles. The van der Waals surface area contributed by atoms with Crippen LogP contribution in [0.15, 0.2) is 63.9 Å². The van der Waals surface area contributed by atoms with Crippen LogP contribution in [0, 0.1) is 0 Å². The van der Waals surface area contributed by atoms with Crippen LogP contribution in [0.4, 0.5) is 5.69 Å². The van der Waals surface area contributed by atoms with Gasteiger partial charge < -0.3 is 10.1 Å². The number of fused-ring (bicyclic) bond motifs is 1. The number of amides is 1. The molecule has 0 radical (unpaired) electrons. The maximum Gasteiger partial charge on any atom is 0.276 e. The molecule has 31 heavy (non-hydrogen) atoms. The molecule has 0 fully saturated rings. The first-order valence-corrected chi connectivity index (χ1v) is 11.6. The third kappa shape index (κ3) is 4.57. The highest BCUT2D eigenvalue weighted by Crippen LogP contribution is 2.31. The largest absolute Gasteiger partial charge is 0.497 e. The summed E-state index contributed by atoms with van der Waals surface area (Å²) < 4.78 is 7.07. The molecular weight excluding hydrogens is 477 g/mol. The minimum atomic E-state index is -0.264. The number of ether oxygens (including phenoxy) is 1. The van der Waals surface area contributed by atoms with E-state index in [1.807, 2.05) is 0 Å². The van der Waals surface area contributed by atoms with Crippen molar-refractivity contribution < 1.29 is 9.53 Å². The summed E-state index contributed by atoms with van der Waals surface area (Å²) in [5.74, 6) is 0.429. The number of methoxy groups -OCH3 is 1. The zero-order valence-electron chi connectivity index (χ0n) is 16.1. The number of thiophene rings is 1. The van der Waals surface area contributed by atoms with Gasteiger partial charge in [-0.05, 0) is 35.7 Å². The molecule has 0 atom stereocenters. The second-order valence-electron chi connectivity index (χ2n) is 6.31. The fourth-order valence-electron chi connectivity index (χ4n) is 2.89. The highest BCUT2D eigenvalue weighted by Gasteiger charge is 2.18. The van der Waals surface area contributed by atoms with E-state index in [1.165, 1.54) is 15.9 Å². The first-order chi connectivity index (χ1) is 15.0. The summed E-state index contributed by atoms with van der Waals surface area (Å²) in [6.45, 7) is 0. The van der Waals surface area contributed by atoms with Crippen LogP contribution in [-0.4, -0.2) is 28.3 Å². The highest BCUT2D eigenvalue weighted by molar-refractivity contribution is 7.99. The van der Waals surface area contributed by atoms with Crippen LogP contribution in [0.2, 0.25) is 10.0 Å². The van der Waals surface area contributed by atoms with Gasteiger partial charge in [0.15, 0.2) is 5.16 Å². The summed E-state index contributed by atoms with van der Waals surface area (Å²) in [5.41, 5.74) is 1.33. The van der Waals surface area contributed by atoms with E-state index in [4.69, 9.17) is 27.9 Å². The number of rotatable bonds is 6. The van der Waals surface area contributed by atoms with Gasteiger partial charge in [-0.2, -0.15) is 0 Å². The summed E-state index contributed by atoms with van der Waals surface area (Å²) >= 11 is 15.0. The Morgan fingerprint density at radius 2 is 2.03 bits per heavy atom. The molecule has 2 aromatic carbocycles. The van der Waals surface area contributed by atoms with E-state index in [1.54, 1.807) is 61.0 Å². The van der Waals surface area contributed by atoms with Crippen molar-refractivity contribution in [2.24, 2.45) is 0 Å². The van der Waals surface area contributed by atoms with Crippen molar-refractivity contribution in [3.63, 3.8) is 0 Å². The van der Waals surface area contributed by atoms with Crippen LogP contribution in [0.5, 0.6) is 5.75 Å². The molecule has 2 heterocycles. The Labute approximate surface area is 195 Å². The number of carbonyl (C=O) groups is 1. The van der Waals surface area contributed by atoms with E-state index in [9.17, 15) is 9.59 Å². The number of hydrogen-bond acceptors (Lipinski definition) is 6. The summed E-state index contributed by atoms with van der Waals surface area (Å²) in [5, 5.41) is 5.53. The molecule has 1 N–H and O–H groups in total. The summed E-state index contributed by atoms with van der Waals surface area (Å²) in [6.07, 6.45) is 0. The molecule has 2 aromatic heterocycles. The lowest BCUT2D eigenvalue weighted by Gasteiger charge is -2.14. The molecular formula is C21H15Cl2N3O3S2. The molecule has 158 valence electrons. The van der Waals surface area contributed by atoms with Crippen molar-refractivity contribution in [2.45, 2.75) is 5.16 Å². The predicted octanol–water partition coefficient (Wildman–Crippen LogP) is 5.49. The van der Waals surface area contributed by atoms with E-state index < -0.39 is 0 Å². The van der Waals surface area contributed by atoms with Crippen LogP contribution in [0.3, 0.4) is 0 Å². The van der Waals surface area contributed by atoms with Gasteiger partial charge in [-0.25, -0.2) is 4.98 Å². The zero-order chi connectivity index (χ0) is 22.0. The second kappa shape index (κ2) is 9.32. The highest BCUT2D eigenvalue weighted by atomic mass is 35.5. The minimum absolute atomic E-state index is 0.0392. The summed E-state index contributed by atoms with van der Waals surface area (Å²) in [7, 11) is 1.56. The van der Waals surface area contributed by atoms with Gasteiger partial charge in [0.25, 0.3) is 5.56 Å². The molecule has 0 aliphatic heterocycles. The number of hydrogen-bond donors (Lipinski definition) is 1. The molecule has 0 aliphatic rings. The van der Waals surface area contributed by atoms with Crippen molar-refractivity contribution in [1.82, 2.24) is 9.55 Å². The lowest BCUT2D eigenvalue weighted by molar-refractivity contribution is -0.113. The fraction of sp³-hybridized carbons (Fsp3) is 0.0952. The number of carbonyl (C=O) groups excluding carboxylic acids is 1. The zero-order valence-corrected chi connectivity index (χ0v) is 19.2. The summed E-state index contributed by atoms with van der Waals surface area (Å²) in [6, 6.07) is 13.9. The lowest BCUT2D eigenvalue weighted by Crippen LogP contribution is -2.22. The number of anilines is 1. The number of nitrogens with zero attached hydrogens (tertiary/aromatic N) is 2. The molecule has 0 aliphatic carbocycles. The maximum absolute atomic E-state index is 13.2. The smallest absolute Gasteiger partial charge is 0.276 e. The first-order valence-electron chi connectivity index (χ1n) is 8.99. The van der Waals surface area contributed by atoms with Gasteiger partial charge in [0, 0.05) is 11.8 Å². The molecule has 6 nitrogen and oxygen atoms in total. The van der Waals surface area contributed by atoms with Crippen molar-refractivity contribution in [3.8, 4) is 11.4 Å². The summed E-state index contributed by atoms with van der Waals surface area (Å²) in [4.78, 5) is 30.3. The van der Waals surface area contributed by atoms with Gasteiger partial charge in [-0.3, -0.25) is 14.2 Å². The first kappa shape index (κ1) is 21.7. The quantitative estimate of drug-likeness (QED) is 0.285. The number of halogens is 2. The lowest BCUT2D eigenvalue weighted by atomic mass is 10.3. The van der Waals surface area contributed by atoms with E-state index in [0.717, 1.165) is 11.8 Å². The van der Waals surface area contributed by atoms with Crippen molar-refractivity contribution in [1.29, 1.82) is 0 Å². The Morgan fingerprint density at radius 1 is 1.23 bits per heavy atom. The van der Waals surface area contributed by atoms with Gasteiger partial charge >= 0.3 is 0 Å². The van der Waals surface area contributed by atoms with E-state index in [-0.39, 0.29) is 22.2 Å². The Kier molecular flexibility index (Phi) is 6.52. The molecule has 4 rings (SSSR count). The normalized spacial score (nSPS) is 10.9. The Bertz CT molecular complexity index is 1340. The molecule has 0 spiro atoms. The van der Waals surface area contributed by atoms with Crippen molar-refractivity contribution in [2.75, 3.05) is 18.2 Å². The third-order valence-corrected chi connectivity index (χ3v) is 6.95. The SMILES string of the molecule is COc1cccc(NC(=O)CSc2nc3ccsc3c(=O)n2-c2cccc(Cl)c2Cl)c1. The van der Waals surface area contributed by atoms with Gasteiger partial charge in [-0.15, -0.1) is 11.3 Å². The standard InChI is InChI=1S/C21H15Cl2N3O3S2/c1-29-13-5-2-4-12(10-13)24-17(27)11-31-21-25-15-8-9-30-19(15)20(28)26(21)16-7-3-6-14(22)18(16)23/h2-10H,11H2,1H3,(H,24,27). The third-order valence-electron chi connectivity index (χ3n) is 4.31. The number of thioether (sulfide) groups is 1. The van der Waals surface area contributed by atoms with Gasteiger partial charge in [0.2, 0.25) is 5.91 Å². The van der Waals surface area contributed by atoms with E-state index >= 15 is 0 Å². The van der Waals surface area contributed by atoms with Crippen LogP contribution >= 0.6 is 46.3 Å². The van der Waals surface area contributed by atoms with Gasteiger partial charge in [-0.1, -0.05) is 47.1 Å². The minimum Gasteiger partial charge on any atom is -0.497 e. The molecule has 10 heteroatoms. The van der Waals surface area contributed by atoms with Gasteiger partial charge in [0.1, 0.15) is 10.4 Å². The topological polar surface area (TPSA) is 73.2 Å². The van der Waals surface area contributed by atoms with Crippen LogP contribution in [0.25, 0.3) is 15.9 Å². The monoisotopic (exact) mass is 491 g/mol. The van der Waals surface area contributed by atoms with Crippen molar-refractivity contribution in [3.05, 3.63) is 74.3 Å². The number of benzene rings is 2. The number of aromatic nitrogens is 2. The van der Waals surface area contributed by atoms with E-state index in [2.05, 4.69) is 10.3 Å². The second-order valence-corrected chi connectivity index (χ2v) is 8.96. The molecule has 0 bridgehead atoms. The average molecular weight is 492 g/mol.